The van der Waals surface area contributed by atoms with Gasteiger partial charge in [0.15, 0.2) is 15.0 Å². The largest absolute Gasteiger partial charge is 0.352 e. The van der Waals surface area contributed by atoms with Crippen molar-refractivity contribution in [2.75, 3.05) is 16.2 Å². The number of sulfone groups is 1. The van der Waals surface area contributed by atoms with Gasteiger partial charge < -0.3 is 5.32 Å². The van der Waals surface area contributed by atoms with Crippen molar-refractivity contribution in [3.8, 4) is 0 Å². The zero-order valence-electron chi connectivity index (χ0n) is 14.5. The fourth-order valence-electron chi connectivity index (χ4n) is 2.68. The average molecular weight is 430 g/mol. The number of amides is 1. The van der Waals surface area contributed by atoms with Gasteiger partial charge in [-0.25, -0.2) is 21.8 Å². The standard InChI is InChI=1S/C16H19N3O5S3/c1-11-2-4-14(5-3-11)27(23,24)19-16-18-13(9-25-16)8-15(20)17-12-6-7-26(21,22)10-12/h2-5,9,12H,6-8,10H2,1H3,(H,17,20)(H,18,19). The summed E-state index contributed by atoms with van der Waals surface area (Å²) in [7, 11) is -6.81. The molecule has 27 heavy (non-hydrogen) atoms. The topological polar surface area (TPSA) is 122 Å². The highest BCUT2D eigenvalue weighted by Gasteiger charge is 2.29. The lowest BCUT2D eigenvalue weighted by Crippen LogP contribution is -2.36. The Balaban J connectivity index is 1.59. The summed E-state index contributed by atoms with van der Waals surface area (Å²) in [6.07, 6.45) is 0.367. The van der Waals surface area contributed by atoms with Crippen molar-refractivity contribution in [1.29, 1.82) is 0 Å². The molecule has 0 aliphatic carbocycles. The van der Waals surface area contributed by atoms with Crippen LogP contribution >= 0.6 is 11.3 Å². The highest BCUT2D eigenvalue weighted by Crippen LogP contribution is 2.21. The fourth-order valence-corrected chi connectivity index (χ4v) is 6.31. The maximum absolute atomic E-state index is 12.4. The number of nitrogens with one attached hydrogen (secondary N) is 2. The predicted molar refractivity (Wildman–Crippen MR) is 103 cm³/mol. The monoisotopic (exact) mass is 429 g/mol. The van der Waals surface area contributed by atoms with Crippen LogP contribution in [0.3, 0.4) is 0 Å². The second-order valence-electron chi connectivity index (χ2n) is 6.41. The molecule has 1 saturated heterocycles. The molecule has 2 heterocycles. The molecule has 3 rings (SSSR count). The zero-order chi connectivity index (χ0) is 19.7. The highest BCUT2D eigenvalue weighted by molar-refractivity contribution is 7.93. The van der Waals surface area contributed by atoms with E-state index in [0.29, 0.717) is 12.1 Å². The van der Waals surface area contributed by atoms with Gasteiger partial charge in [0.05, 0.1) is 28.5 Å². The van der Waals surface area contributed by atoms with Gasteiger partial charge in [0.1, 0.15) is 0 Å². The number of aromatic nitrogens is 1. The van der Waals surface area contributed by atoms with Crippen molar-refractivity contribution < 1.29 is 21.6 Å². The Morgan fingerprint density at radius 1 is 1.30 bits per heavy atom. The molecule has 1 aromatic carbocycles. The summed E-state index contributed by atoms with van der Waals surface area (Å²) in [6, 6.07) is 6.05. The van der Waals surface area contributed by atoms with Crippen molar-refractivity contribution >= 4 is 42.2 Å². The van der Waals surface area contributed by atoms with Crippen molar-refractivity contribution in [3.63, 3.8) is 0 Å². The minimum absolute atomic E-state index is 0.0424. The number of thiazole rings is 1. The van der Waals surface area contributed by atoms with Gasteiger partial charge in [0, 0.05) is 11.4 Å². The minimum atomic E-state index is -3.75. The van der Waals surface area contributed by atoms with E-state index in [1.807, 2.05) is 6.92 Å². The van der Waals surface area contributed by atoms with Crippen LogP contribution in [0.5, 0.6) is 0 Å². The first kappa shape index (κ1) is 19.8. The lowest BCUT2D eigenvalue weighted by atomic mass is 10.2. The number of carbonyl (C=O) groups is 1. The molecule has 8 nitrogen and oxygen atoms in total. The van der Waals surface area contributed by atoms with Gasteiger partial charge in [-0.05, 0) is 25.5 Å². The molecule has 1 amide bonds. The van der Waals surface area contributed by atoms with Gasteiger partial charge >= 0.3 is 0 Å². The van der Waals surface area contributed by atoms with Crippen LogP contribution in [0.2, 0.25) is 0 Å². The van der Waals surface area contributed by atoms with Gasteiger partial charge in [-0.1, -0.05) is 17.7 Å². The SMILES string of the molecule is Cc1ccc(S(=O)(=O)Nc2nc(CC(=O)NC3CCS(=O)(=O)C3)cs2)cc1. The van der Waals surface area contributed by atoms with Crippen LogP contribution in [-0.2, 0) is 31.1 Å². The predicted octanol–water partition coefficient (Wildman–Crippen LogP) is 1.10. The molecule has 1 aliphatic rings. The van der Waals surface area contributed by atoms with Crippen molar-refractivity contribution in [2.24, 2.45) is 0 Å². The third kappa shape index (κ3) is 5.27. The summed E-state index contributed by atoms with van der Waals surface area (Å²) < 4.78 is 50.0. The molecule has 1 fully saturated rings. The van der Waals surface area contributed by atoms with E-state index in [0.717, 1.165) is 16.9 Å². The first-order chi connectivity index (χ1) is 12.6. The number of rotatable bonds is 6. The van der Waals surface area contributed by atoms with Gasteiger partial charge in [0.25, 0.3) is 10.0 Å². The summed E-state index contributed by atoms with van der Waals surface area (Å²) in [5, 5.41) is 4.44. The Bertz CT molecular complexity index is 1040. The van der Waals surface area contributed by atoms with Gasteiger partial charge in [-0.3, -0.25) is 9.52 Å². The van der Waals surface area contributed by atoms with E-state index < -0.39 is 19.9 Å². The molecule has 1 atom stereocenters. The summed E-state index contributed by atoms with van der Waals surface area (Å²) >= 11 is 1.08. The Morgan fingerprint density at radius 2 is 2.00 bits per heavy atom. The zero-order valence-corrected chi connectivity index (χ0v) is 17.0. The molecule has 2 N–H and O–H groups in total. The average Bonchev–Trinajstić information content (AvgIpc) is 3.13. The summed E-state index contributed by atoms with van der Waals surface area (Å²) in [5.41, 5.74) is 1.37. The molecule has 1 aromatic heterocycles. The number of anilines is 1. The van der Waals surface area contributed by atoms with Gasteiger partial charge in [0.2, 0.25) is 5.91 Å². The molecule has 0 bridgehead atoms. The van der Waals surface area contributed by atoms with Crippen LogP contribution in [0, 0.1) is 6.92 Å². The summed E-state index contributed by atoms with van der Waals surface area (Å²) in [6.45, 7) is 1.86. The normalized spacial score (nSPS) is 18.9. The second-order valence-corrected chi connectivity index (χ2v) is 11.2. The van der Waals surface area contributed by atoms with Crippen molar-refractivity contribution in [1.82, 2.24) is 10.3 Å². The number of benzene rings is 1. The number of carbonyl (C=O) groups excluding carboxylic acids is 1. The Morgan fingerprint density at radius 3 is 2.63 bits per heavy atom. The van der Waals surface area contributed by atoms with E-state index in [9.17, 15) is 21.6 Å². The molecule has 2 aromatic rings. The van der Waals surface area contributed by atoms with E-state index in [4.69, 9.17) is 0 Å². The molecule has 146 valence electrons. The van der Waals surface area contributed by atoms with Crippen molar-refractivity contribution in [3.05, 3.63) is 40.9 Å². The third-order valence-corrected chi connectivity index (χ3v) is 8.10. The minimum Gasteiger partial charge on any atom is -0.352 e. The number of sulfonamides is 1. The molecule has 11 heteroatoms. The van der Waals surface area contributed by atoms with E-state index in [-0.39, 0.29) is 39.9 Å². The molecular formula is C16H19N3O5S3. The van der Waals surface area contributed by atoms with E-state index >= 15 is 0 Å². The molecule has 1 aliphatic heterocycles. The van der Waals surface area contributed by atoms with E-state index in [1.165, 1.54) is 12.1 Å². The Kier molecular flexibility index (Phi) is 5.54. The van der Waals surface area contributed by atoms with E-state index in [1.54, 1.807) is 17.5 Å². The maximum Gasteiger partial charge on any atom is 0.263 e. The fraction of sp³-hybridized carbons (Fsp3) is 0.375. The smallest absolute Gasteiger partial charge is 0.263 e. The van der Waals surface area contributed by atoms with Gasteiger partial charge in [-0.2, -0.15) is 0 Å². The number of nitrogens with zero attached hydrogens (tertiary/aromatic N) is 1. The molecule has 0 spiro atoms. The van der Waals surface area contributed by atoms with Crippen LogP contribution in [0.1, 0.15) is 17.7 Å². The molecular weight excluding hydrogens is 410 g/mol. The number of hydrogen-bond donors (Lipinski definition) is 2. The van der Waals surface area contributed by atoms with Crippen LogP contribution in [0.25, 0.3) is 0 Å². The molecule has 0 radical (unpaired) electrons. The van der Waals surface area contributed by atoms with Crippen LogP contribution < -0.4 is 10.0 Å². The third-order valence-electron chi connectivity index (χ3n) is 4.04. The van der Waals surface area contributed by atoms with Gasteiger partial charge in [-0.15, -0.1) is 11.3 Å². The van der Waals surface area contributed by atoms with Crippen molar-refractivity contribution in [2.45, 2.75) is 30.7 Å². The van der Waals surface area contributed by atoms with Crippen LogP contribution in [0.15, 0.2) is 34.5 Å². The highest BCUT2D eigenvalue weighted by atomic mass is 32.2. The Hall–Kier alpha value is -1.98. The lowest BCUT2D eigenvalue weighted by molar-refractivity contribution is -0.121. The van der Waals surface area contributed by atoms with Crippen LogP contribution in [-0.4, -0.2) is 45.3 Å². The first-order valence-electron chi connectivity index (χ1n) is 8.17. The Labute approximate surface area is 162 Å². The maximum atomic E-state index is 12.4. The summed E-state index contributed by atoms with van der Waals surface area (Å²) in [4.78, 5) is 16.3. The van der Waals surface area contributed by atoms with Crippen LogP contribution in [0.4, 0.5) is 5.13 Å². The first-order valence-corrected chi connectivity index (χ1v) is 12.3. The molecule has 0 saturated carbocycles. The molecule has 1 unspecified atom stereocenters. The van der Waals surface area contributed by atoms with E-state index in [2.05, 4.69) is 15.0 Å². The number of hydrogen-bond acceptors (Lipinski definition) is 7. The lowest BCUT2D eigenvalue weighted by Gasteiger charge is -2.09. The quantitative estimate of drug-likeness (QED) is 0.709. The number of aryl methyl sites for hydroxylation is 1. The summed E-state index contributed by atoms with van der Waals surface area (Å²) in [5.74, 6) is -0.299. The second kappa shape index (κ2) is 7.56.